The lowest BCUT2D eigenvalue weighted by Gasteiger charge is -2.12. The molecule has 0 spiro atoms. The molecule has 0 fully saturated rings. The second kappa shape index (κ2) is 12.0. The van der Waals surface area contributed by atoms with Crippen molar-refractivity contribution in [1.82, 2.24) is 15.1 Å². The van der Waals surface area contributed by atoms with Gasteiger partial charge in [0.05, 0.1) is 19.3 Å². The number of benzene rings is 2. The second-order valence-corrected chi connectivity index (χ2v) is 8.09. The van der Waals surface area contributed by atoms with Crippen molar-refractivity contribution in [2.24, 2.45) is 0 Å². The van der Waals surface area contributed by atoms with Gasteiger partial charge in [-0.05, 0) is 49.6 Å². The molecule has 1 aromatic heterocycles. The van der Waals surface area contributed by atoms with Crippen molar-refractivity contribution in [3.05, 3.63) is 88.2 Å². The summed E-state index contributed by atoms with van der Waals surface area (Å²) in [4.78, 5) is 24.5. The van der Waals surface area contributed by atoms with Crippen LogP contribution in [0.15, 0.2) is 60.7 Å². The molecular weight excluding hydrogens is 454 g/mol. The highest BCUT2D eigenvalue weighted by atomic mass is 35.5. The molecule has 3 rings (SSSR count). The van der Waals surface area contributed by atoms with Crippen LogP contribution >= 0.6 is 11.6 Å². The van der Waals surface area contributed by atoms with E-state index in [1.807, 2.05) is 61.5 Å². The highest BCUT2D eigenvalue weighted by Crippen LogP contribution is 2.22. The summed E-state index contributed by atoms with van der Waals surface area (Å²) in [6.45, 7) is 4.30. The van der Waals surface area contributed by atoms with Crippen LogP contribution in [0.4, 0.5) is 0 Å². The van der Waals surface area contributed by atoms with E-state index in [9.17, 15) is 9.59 Å². The number of hydrogen-bond acceptors (Lipinski definition) is 5. The third kappa shape index (κ3) is 6.96. The average Bonchev–Trinajstić information content (AvgIpc) is 3.10. The van der Waals surface area contributed by atoms with Gasteiger partial charge in [-0.15, -0.1) is 0 Å². The van der Waals surface area contributed by atoms with Gasteiger partial charge in [0.25, 0.3) is 5.91 Å². The third-order valence-electron chi connectivity index (χ3n) is 5.20. The largest absolute Gasteiger partial charge is 0.497 e. The molecule has 1 unspecified atom stereocenters. The standard InChI is InChI=1S/C26H28ClN3O4/c1-18-23(25(27)30(29-18)17-21-7-5-4-6-8-21)13-14-24(31)34-19(2)26(32)28-16-15-20-9-11-22(33-3)12-10-20/h4-14,19H,15-17H2,1-3H3,(H,28,32)/b14-13+. The lowest BCUT2D eigenvalue weighted by molar-refractivity contribution is -0.150. The van der Waals surface area contributed by atoms with Gasteiger partial charge in [0.1, 0.15) is 10.9 Å². The molecule has 1 heterocycles. The minimum atomic E-state index is -0.926. The molecule has 1 N–H and O–H groups in total. The van der Waals surface area contributed by atoms with Crippen molar-refractivity contribution < 1.29 is 19.1 Å². The van der Waals surface area contributed by atoms with E-state index in [2.05, 4.69) is 10.4 Å². The number of amides is 1. The van der Waals surface area contributed by atoms with Gasteiger partial charge in [0.2, 0.25) is 0 Å². The van der Waals surface area contributed by atoms with Crippen LogP contribution in [0, 0.1) is 6.92 Å². The van der Waals surface area contributed by atoms with E-state index in [1.54, 1.807) is 17.9 Å². The van der Waals surface area contributed by atoms with Gasteiger partial charge < -0.3 is 14.8 Å². The lowest BCUT2D eigenvalue weighted by Crippen LogP contribution is -2.36. The first-order valence-electron chi connectivity index (χ1n) is 10.9. The Hall–Kier alpha value is -3.58. The van der Waals surface area contributed by atoms with E-state index < -0.39 is 12.1 Å². The van der Waals surface area contributed by atoms with Gasteiger partial charge in [-0.25, -0.2) is 9.48 Å². The van der Waals surface area contributed by atoms with Crippen LogP contribution in [0.3, 0.4) is 0 Å². The fourth-order valence-corrected chi connectivity index (χ4v) is 3.60. The molecule has 0 saturated carbocycles. The number of methoxy groups -OCH3 is 1. The number of nitrogens with one attached hydrogen (secondary N) is 1. The summed E-state index contributed by atoms with van der Waals surface area (Å²) in [6.07, 6.45) is 2.54. The van der Waals surface area contributed by atoms with Crippen LogP contribution in [0.1, 0.15) is 29.3 Å². The number of rotatable bonds is 10. The lowest BCUT2D eigenvalue weighted by atomic mass is 10.1. The van der Waals surface area contributed by atoms with Gasteiger partial charge in [-0.1, -0.05) is 54.1 Å². The van der Waals surface area contributed by atoms with Crippen LogP contribution < -0.4 is 10.1 Å². The summed E-state index contributed by atoms with van der Waals surface area (Å²) in [5.41, 5.74) is 3.45. The first kappa shape index (κ1) is 25.1. The van der Waals surface area contributed by atoms with Crippen LogP contribution in [0.5, 0.6) is 5.75 Å². The van der Waals surface area contributed by atoms with Gasteiger partial charge in [0.15, 0.2) is 6.10 Å². The number of ether oxygens (including phenoxy) is 2. The van der Waals surface area contributed by atoms with E-state index in [0.29, 0.717) is 35.9 Å². The van der Waals surface area contributed by atoms with E-state index in [-0.39, 0.29) is 5.91 Å². The summed E-state index contributed by atoms with van der Waals surface area (Å²) >= 11 is 6.47. The normalized spacial score (nSPS) is 11.9. The molecule has 3 aromatic rings. The first-order chi connectivity index (χ1) is 16.4. The number of aryl methyl sites for hydroxylation is 1. The Bertz CT molecular complexity index is 1140. The van der Waals surface area contributed by atoms with Crippen LogP contribution in [0.2, 0.25) is 5.15 Å². The summed E-state index contributed by atoms with van der Waals surface area (Å²) in [6, 6.07) is 17.4. The average molecular weight is 482 g/mol. The molecule has 0 bridgehead atoms. The number of halogens is 1. The topological polar surface area (TPSA) is 82.4 Å². The number of hydrogen-bond donors (Lipinski definition) is 1. The number of esters is 1. The molecule has 0 aliphatic rings. The Morgan fingerprint density at radius 2 is 1.82 bits per heavy atom. The molecular formula is C26H28ClN3O4. The summed E-state index contributed by atoms with van der Waals surface area (Å²) in [7, 11) is 1.61. The zero-order valence-corrected chi connectivity index (χ0v) is 20.2. The SMILES string of the molecule is COc1ccc(CCNC(=O)C(C)OC(=O)/C=C/c2c(C)nn(Cc3ccccc3)c2Cl)cc1. The zero-order valence-electron chi connectivity index (χ0n) is 19.5. The van der Waals surface area contributed by atoms with Crippen molar-refractivity contribution in [2.75, 3.05) is 13.7 Å². The van der Waals surface area contributed by atoms with Crippen molar-refractivity contribution in [3.63, 3.8) is 0 Å². The van der Waals surface area contributed by atoms with E-state index in [4.69, 9.17) is 21.1 Å². The highest BCUT2D eigenvalue weighted by molar-refractivity contribution is 6.31. The van der Waals surface area contributed by atoms with Gasteiger partial charge in [-0.3, -0.25) is 4.79 Å². The molecule has 7 nitrogen and oxygen atoms in total. The van der Waals surface area contributed by atoms with Gasteiger partial charge in [0, 0.05) is 18.2 Å². The summed E-state index contributed by atoms with van der Waals surface area (Å²) in [5.74, 6) is -0.217. The third-order valence-corrected chi connectivity index (χ3v) is 5.60. The van der Waals surface area contributed by atoms with Crippen molar-refractivity contribution in [3.8, 4) is 5.75 Å². The van der Waals surface area contributed by atoms with E-state index in [1.165, 1.54) is 13.0 Å². The van der Waals surface area contributed by atoms with E-state index >= 15 is 0 Å². The summed E-state index contributed by atoms with van der Waals surface area (Å²) < 4.78 is 12.0. The molecule has 0 aliphatic carbocycles. The molecule has 0 aliphatic heterocycles. The quantitative estimate of drug-likeness (QED) is 0.346. The Balaban J connectivity index is 1.49. The molecule has 1 atom stereocenters. The molecule has 0 saturated heterocycles. The molecule has 178 valence electrons. The monoisotopic (exact) mass is 481 g/mol. The van der Waals surface area contributed by atoms with Gasteiger partial charge in [-0.2, -0.15) is 5.10 Å². The number of aromatic nitrogens is 2. The van der Waals surface area contributed by atoms with Crippen LogP contribution in [0.25, 0.3) is 6.08 Å². The smallest absolute Gasteiger partial charge is 0.331 e. The molecule has 1 amide bonds. The van der Waals surface area contributed by atoms with Crippen molar-refractivity contribution in [1.29, 1.82) is 0 Å². The minimum absolute atomic E-state index is 0.361. The highest BCUT2D eigenvalue weighted by Gasteiger charge is 2.17. The Labute approximate surface area is 204 Å². The molecule has 2 aromatic carbocycles. The maximum Gasteiger partial charge on any atom is 0.331 e. The van der Waals surface area contributed by atoms with Crippen molar-refractivity contribution >= 4 is 29.6 Å². The maximum absolute atomic E-state index is 12.3. The molecule has 0 radical (unpaired) electrons. The molecule has 34 heavy (non-hydrogen) atoms. The van der Waals surface area contributed by atoms with Crippen LogP contribution in [-0.4, -0.2) is 41.4 Å². The predicted octanol–water partition coefficient (Wildman–Crippen LogP) is 4.21. The predicted molar refractivity (Wildman–Crippen MR) is 132 cm³/mol. The Morgan fingerprint density at radius 3 is 2.50 bits per heavy atom. The molecule has 8 heteroatoms. The number of nitrogens with zero attached hydrogens (tertiary/aromatic N) is 2. The maximum atomic E-state index is 12.3. The summed E-state index contributed by atoms with van der Waals surface area (Å²) in [5, 5.41) is 7.65. The van der Waals surface area contributed by atoms with Gasteiger partial charge >= 0.3 is 5.97 Å². The second-order valence-electron chi connectivity index (χ2n) is 7.73. The van der Waals surface area contributed by atoms with E-state index in [0.717, 1.165) is 16.9 Å². The fraction of sp³-hybridized carbons (Fsp3) is 0.269. The zero-order chi connectivity index (χ0) is 24.5. The minimum Gasteiger partial charge on any atom is -0.497 e. The Morgan fingerprint density at radius 1 is 1.12 bits per heavy atom. The van der Waals surface area contributed by atoms with Crippen LogP contribution in [-0.2, 0) is 27.3 Å². The number of carbonyl (C=O) groups excluding carboxylic acids is 2. The van der Waals surface area contributed by atoms with Crippen molar-refractivity contribution in [2.45, 2.75) is 32.9 Å². The first-order valence-corrected chi connectivity index (χ1v) is 11.3. The fourth-order valence-electron chi connectivity index (χ4n) is 3.30. The number of carbonyl (C=O) groups is 2. The Kier molecular flexibility index (Phi) is 8.87.